The van der Waals surface area contributed by atoms with Gasteiger partial charge in [-0.3, -0.25) is 0 Å². The van der Waals surface area contributed by atoms with Gasteiger partial charge in [-0.2, -0.15) is 0 Å². The van der Waals surface area contributed by atoms with Crippen LogP contribution in [0.4, 0.5) is 10.5 Å². The number of ether oxygens (including phenoxy) is 2. The first-order valence-electron chi connectivity index (χ1n) is 7.94. The van der Waals surface area contributed by atoms with Crippen molar-refractivity contribution < 1.29 is 14.3 Å². The third kappa shape index (κ3) is 2.94. The minimum atomic E-state index is -0.236. The van der Waals surface area contributed by atoms with E-state index in [4.69, 9.17) is 9.47 Å². The maximum atomic E-state index is 12.2. The number of benzene rings is 2. The van der Waals surface area contributed by atoms with Crippen molar-refractivity contribution in [1.82, 2.24) is 5.32 Å². The molecular formula is C18H17BrN2O3. The molecule has 0 unspecified atom stereocenters. The number of rotatable bonds is 3. The maximum Gasteiger partial charge on any atom is 0.319 e. The molecule has 2 amide bonds. The third-order valence-corrected chi connectivity index (χ3v) is 4.82. The molecule has 2 heterocycles. The summed E-state index contributed by atoms with van der Waals surface area (Å²) in [7, 11) is 0. The first-order valence-corrected chi connectivity index (χ1v) is 8.73. The smallest absolute Gasteiger partial charge is 0.319 e. The standard InChI is InChI=1S/C18H17BrN2O3/c19-12-1-3-13(4-2-12)21-18(22)20-10-15-14-6-8-23-16(14)9-11-5-7-24-17(11)15/h1-4,9H,5-8,10H2,(H2,20,21,22). The van der Waals surface area contributed by atoms with Crippen LogP contribution in [0.25, 0.3) is 0 Å². The van der Waals surface area contributed by atoms with Gasteiger partial charge >= 0.3 is 6.03 Å². The first-order chi connectivity index (χ1) is 11.7. The Balaban J connectivity index is 1.48. The SMILES string of the molecule is O=C(NCc1c2c(cc3c1OCC3)OCC2)Nc1ccc(Br)cc1. The van der Waals surface area contributed by atoms with Gasteiger partial charge in [0.15, 0.2) is 0 Å². The van der Waals surface area contributed by atoms with Crippen LogP contribution in [-0.2, 0) is 19.4 Å². The Labute approximate surface area is 148 Å². The van der Waals surface area contributed by atoms with E-state index in [-0.39, 0.29) is 6.03 Å². The molecule has 124 valence electrons. The fraction of sp³-hybridized carbons (Fsp3) is 0.278. The molecule has 24 heavy (non-hydrogen) atoms. The number of carbonyl (C=O) groups is 1. The molecular weight excluding hydrogens is 372 g/mol. The number of fused-ring (bicyclic) bond motifs is 2. The predicted octanol–water partition coefficient (Wildman–Crippen LogP) is 3.64. The van der Waals surface area contributed by atoms with Crippen LogP contribution in [0, 0.1) is 0 Å². The van der Waals surface area contributed by atoms with E-state index in [9.17, 15) is 4.79 Å². The molecule has 2 aliphatic rings. The quantitative estimate of drug-likeness (QED) is 0.843. The van der Waals surface area contributed by atoms with Crippen LogP contribution in [-0.4, -0.2) is 19.2 Å². The molecule has 0 spiro atoms. The molecule has 2 N–H and O–H groups in total. The average Bonchev–Trinajstić information content (AvgIpc) is 3.22. The summed E-state index contributed by atoms with van der Waals surface area (Å²) >= 11 is 3.38. The fourth-order valence-electron chi connectivity index (χ4n) is 3.15. The van der Waals surface area contributed by atoms with Crippen LogP contribution >= 0.6 is 15.9 Å². The van der Waals surface area contributed by atoms with Gasteiger partial charge in [-0.05, 0) is 30.3 Å². The van der Waals surface area contributed by atoms with Gasteiger partial charge < -0.3 is 20.1 Å². The molecule has 0 radical (unpaired) electrons. The fourth-order valence-corrected chi connectivity index (χ4v) is 3.41. The Kier molecular flexibility index (Phi) is 4.06. The van der Waals surface area contributed by atoms with Gasteiger partial charge in [0, 0.05) is 46.2 Å². The summed E-state index contributed by atoms with van der Waals surface area (Å²) < 4.78 is 12.4. The molecule has 0 saturated carbocycles. The van der Waals surface area contributed by atoms with Crippen molar-refractivity contribution in [2.75, 3.05) is 18.5 Å². The minimum absolute atomic E-state index is 0.236. The number of amides is 2. The van der Waals surface area contributed by atoms with Crippen molar-refractivity contribution in [2.24, 2.45) is 0 Å². The molecule has 0 bridgehead atoms. The number of carbonyl (C=O) groups excluding carboxylic acids is 1. The molecule has 2 aromatic rings. The zero-order valence-corrected chi connectivity index (χ0v) is 14.6. The number of hydrogen-bond acceptors (Lipinski definition) is 3. The summed E-state index contributed by atoms with van der Waals surface area (Å²) in [5.41, 5.74) is 4.11. The van der Waals surface area contributed by atoms with E-state index in [1.807, 2.05) is 24.3 Å². The maximum absolute atomic E-state index is 12.2. The predicted molar refractivity (Wildman–Crippen MR) is 94.8 cm³/mol. The molecule has 0 aliphatic carbocycles. The summed E-state index contributed by atoms with van der Waals surface area (Å²) in [4.78, 5) is 12.2. The van der Waals surface area contributed by atoms with Crippen molar-refractivity contribution >= 4 is 27.6 Å². The largest absolute Gasteiger partial charge is 0.493 e. The summed E-state index contributed by atoms with van der Waals surface area (Å²) in [5, 5.41) is 5.76. The molecule has 5 nitrogen and oxygen atoms in total. The van der Waals surface area contributed by atoms with Gasteiger partial charge in [-0.15, -0.1) is 0 Å². The van der Waals surface area contributed by atoms with E-state index in [2.05, 4.69) is 32.6 Å². The Hall–Kier alpha value is -2.21. The van der Waals surface area contributed by atoms with Crippen LogP contribution in [0.2, 0.25) is 0 Å². The van der Waals surface area contributed by atoms with Crippen molar-refractivity contribution in [3.05, 3.63) is 51.5 Å². The highest BCUT2D eigenvalue weighted by molar-refractivity contribution is 9.10. The van der Waals surface area contributed by atoms with Crippen molar-refractivity contribution in [3.8, 4) is 11.5 Å². The summed E-state index contributed by atoms with van der Waals surface area (Å²) in [6.45, 7) is 1.81. The molecule has 0 saturated heterocycles. The monoisotopic (exact) mass is 388 g/mol. The minimum Gasteiger partial charge on any atom is -0.493 e. The van der Waals surface area contributed by atoms with E-state index in [0.717, 1.165) is 45.6 Å². The molecule has 4 rings (SSSR count). The topological polar surface area (TPSA) is 59.6 Å². The second-order valence-corrected chi connectivity index (χ2v) is 6.75. The number of hydrogen-bond donors (Lipinski definition) is 2. The zero-order chi connectivity index (χ0) is 16.5. The number of halogens is 1. The molecule has 6 heteroatoms. The summed E-state index contributed by atoms with van der Waals surface area (Å²) in [6.07, 6.45) is 1.75. The Morgan fingerprint density at radius 3 is 2.75 bits per heavy atom. The van der Waals surface area contributed by atoms with Gasteiger partial charge in [0.05, 0.1) is 13.2 Å². The van der Waals surface area contributed by atoms with Gasteiger partial charge in [0.2, 0.25) is 0 Å². The van der Waals surface area contributed by atoms with E-state index in [1.165, 1.54) is 5.56 Å². The van der Waals surface area contributed by atoms with E-state index >= 15 is 0 Å². The lowest BCUT2D eigenvalue weighted by Crippen LogP contribution is -2.28. The van der Waals surface area contributed by atoms with E-state index in [1.54, 1.807) is 0 Å². The Bertz CT molecular complexity index is 758. The van der Waals surface area contributed by atoms with E-state index in [0.29, 0.717) is 19.8 Å². The lowest BCUT2D eigenvalue weighted by Gasteiger charge is -2.14. The molecule has 2 aromatic carbocycles. The second-order valence-electron chi connectivity index (χ2n) is 5.83. The van der Waals surface area contributed by atoms with Gasteiger partial charge in [-0.1, -0.05) is 15.9 Å². The number of nitrogens with one attached hydrogen (secondary N) is 2. The van der Waals surface area contributed by atoms with Crippen molar-refractivity contribution in [1.29, 1.82) is 0 Å². The third-order valence-electron chi connectivity index (χ3n) is 4.29. The molecule has 0 atom stereocenters. The van der Waals surface area contributed by atoms with E-state index < -0.39 is 0 Å². The average molecular weight is 389 g/mol. The lowest BCUT2D eigenvalue weighted by atomic mass is 9.99. The van der Waals surface area contributed by atoms with Gasteiger partial charge in [0.25, 0.3) is 0 Å². The summed E-state index contributed by atoms with van der Waals surface area (Å²) in [5.74, 6) is 1.85. The zero-order valence-electron chi connectivity index (χ0n) is 13.0. The van der Waals surface area contributed by atoms with Gasteiger partial charge in [-0.25, -0.2) is 4.79 Å². The lowest BCUT2D eigenvalue weighted by molar-refractivity contribution is 0.251. The molecule has 2 aliphatic heterocycles. The van der Waals surface area contributed by atoms with Crippen LogP contribution in [0.5, 0.6) is 11.5 Å². The molecule has 0 fully saturated rings. The first kappa shape index (κ1) is 15.3. The second kappa shape index (κ2) is 6.36. The Morgan fingerprint density at radius 1 is 1.12 bits per heavy atom. The Morgan fingerprint density at radius 2 is 1.92 bits per heavy atom. The highest BCUT2D eigenvalue weighted by Gasteiger charge is 2.26. The highest BCUT2D eigenvalue weighted by atomic mass is 79.9. The van der Waals surface area contributed by atoms with Crippen LogP contribution in [0.1, 0.15) is 16.7 Å². The normalized spacial score (nSPS) is 14.4. The van der Waals surface area contributed by atoms with Crippen molar-refractivity contribution in [3.63, 3.8) is 0 Å². The van der Waals surface area contributed by atoms with Crippen molar-refractivity contribution in [2.45, 2.75) is 19.4 Å². The summed E-state index contributed by atoms with van der Waals surface area (Å²) in [6, 6.07) is 9.31. The van der Waals surface area contributed by atoms with Crippen LogP contribution < -0.4 is 20.1 Å². The highest BCUT2D eigenvalue weighted by Crippen LogP contribution is 2.40. The van der Waals surface area contributed by atoms with Crippen LogP contribution in [0.15, 0.2) is 34.8 Å². The number of urea groups is 1. The van der Waals surface area contributed by atoms with Gasteiger partial charge in [0.1, 0.15) is 11.5 Å². The molecule has 0 aromatic heterocycles. The van der Waals surface area contributed by atoms with Crippen LogP contribution in [0.3, 0.4) is 0 Å². The number of anilines is 1.